The van der Waals surface area contributed by atoms with Crippen molar-refractivity contribution in [1.82, 2.24) is 10.2 Å². The number of imide groups is 2. The number of nitrogens with one attached hydrogen (secondary N) is 1. The predicted molar refractivity (Wildman–Crippen MR) is 86.2 cm³/mol. The Bertz CT molecular complexity index is 918. The Morgan fingerprint density at radius 3 is 2.69 bits per heavy atom. The van der Waals surface area contributed by atoms with E-state index in [9.17, 15) is 19.2 Å². The van der Waals surface area contributed by atoms with Crippen molar-refractivity contribution in [2.24, 2.45) is 0 Å². The van der Waals surface area contributed by atoms with E-state index in [1.165, 1.54) is 12.3 Å². The highest BCUT2D eigenvalue weighted by molar-refractivity contribution is 6.24. The van der Waals surface area contributed by atoms with Crippen LogP contribution < -0.4 is 10.1 Å². The van der Waals surface area contributed by atoms with Gasteiger partial charge in [-0.3, -0.25) is 29.4 Å². The maximum Gasteiger partial charge on any atom is 0.266 e. The first-order chi connectivity index (χ1) is 12.6. The number of carbonyl (C=O) groups is 4. The lowest BCUT2D eigenvalue weighted by Crippen LogP contribution is -2.54. The average Bonchev–Trinajstić information content (AvgIpc) is 3.22. The van der Waals surface area contributed by atoms with Gasteiger partial charge in [0.25, 0.3) is 11.8 Å². The number of amides is 4. The molecule has 1 fully saturated rings. The van der Waals surface area contributed by atoms with Gasteiger partial charge in [-0.15, -0.1) is 0 Å². The first-order valence-corrected chi connectivity index (χ1v) is 8.06. The highest BCUT2D eigenvalue weighted by atomic mass is 16.5. The topological polar surface area (TPSA) is 106 Å². The number of hydrogen-bond donors (Lipinski definition) is 1. The van der Waals surface area contributed by atoms with Gasteiger partial charge in [0.15, 0.2) is 0 Å². The van der Waals surface area contributed by atoms with Crippen LogP contribution in [0.3, 0.4) is 0 Å². The number of ether oxygens (including phenoxy) is 1. The second kappa shape index (κ2) is 6.14. The molecule has 0 spiro atoms. The Hall–Kier alpha value is -3.42. The van der Waals surface area contributed by atoms with Crippen LogP contribution in [0.1, 0.15) is 39.3 Å². The van der Waals surface area contributed by atoms with E-state index in [0.717, 1.165) is 4.90 Å². The van der Waals surface area contributed by atoms with Crippen molar-refractivity contribution in [3.8, 4) is 5.75 Å². The lowest BCUT2D eigenvalue weighted by atomic mass is 10.0. The first kappa shape index (κ1) is 16.1. The number of nitrogens with zero attached hydrogens (tertiary/aromatic N) is 1. The lowest BCUT2D eigenvalue weighted by Gasteiger charge is -2.27. The normalized spacial score (nSPS) is 19.5. The van der Waals surface area contributed by atoms with Crippen LogP contribution in [0.5, 0.6) is 5.75 Å². The van der Waals surface area contributed by atoms with Crippen molar-refractivity contribution in [2.75, 3.05) is 0 Å². The minimum atomic E-state index is -1.00. The standard InChI is InChI=1S/C18H14N2O6/c21-14-7-6-12(16(22)19-14)20-17(23)11-4-1-5-13(15(11)18(20)24)26-9-10-3-2-8-25-10/h1-5,8,12H,6-7,9H2,(H,19,21,22). The molecule has 26 heavy (non-hydrogen) atoms. The molecule has 0 aliphatic carbocycles. The molecule has 132 valence electrons. The molecule has 0 bridgehead atoms. The zero-order valence-corrected chi connectivity index (χ0v) is 13.6. The summed E-state index contributed by atoms with van der Waals surface area (Å²) in [5.41, 5.74) is 0.297. The number of fused-ring (bicyclic) bond motifs is 1. The van der Waals surface area contributed by atoms with E-state index in [2.05, 4.69) is 5.32 Å². The summed E-state index contributed by atoms with van der Waals surface area (Å²) >= 11 is 0. The number of benzene rings is 1. The SMILES string of the molecule is O=C1CCC(N2C(=O)c3cccc(OCc4ccco4)c3C2=O)C(=O)N1. The first-order valence-electron chi connectivity index (χ1n) is 8.06. The van der Waals surface area contributed by atoms with Gasteiger partial charge in [0, 0.05) is 6.42 Å². The molecule has 4 rings (SSSR count). The van der Waals surface area contributed by atoms with Gasteiger partial charge in [-0.1, -0.05) is 6.07 Å². The summed E-state index contributed by atoms with van der Waals surface area (Å²) in [6.45, 7) is 0.101. The van der Waals surface area contributed by atoms with Crippen LogP contribution in [0.4, 0.5) is 0 Å². The van der Waals surface area contributed by atoms with Crippen molar-refractivity contribution in [2.45, 2.75) is 25.5 Å². The second-order valence-corrected chi connectivity index (χ2v) is 5.99. The van der Waals surface area contributed by atoms with E-state index in [-0.39, 0.29) is 36.3 Å². The maximum atomic E-state index is 12.9. The van der Waals surface area contributed by atoms with Crippen molar-refractivity contribution in [3.63, 3.8) is 0 Å². The molecule has 1 N–H and O–H groups in total. The number of carbonyl (C=O) groups excluding carboxylic acids is 4. The van der Waals surface area contributed by atoms with Crippen molar-refractivity contribution in [3.05, 3.63) is 53.5 Å². The summed E-state index contributed by atoms with van der Waals surface area (Å²) in [6, 6.07) is 7.15. The molecular weight excluding hydrogens is 340 g/mol. The van der Waals surface area contributed by atoms with Crippen LogP contribution in [-0.2, 0) is 16.2 Å². The van der Waals surface area contributed by atoms with Crippen LogP contribution in [0.25, 0.3) is 0 Å². The minimum absolute atomic E-state index is 0.0751. The number of hydrogen-bond acceptors (Lipinski definition) is 6. The van der Waals surface area contributed by atoms with Gasteiger partial charge in [-0.05, 0) is 30.7 Å². The lowest BCUT2D eigenvalue weighted by molar-refractivity contribution is -0.136. The van der Waals surface area contributed by atoms with Crippen molar-refractivity contribution < 1.29 is 28.3 Å². The predicted octanol–water partition coefficient (Wildman–Crippen LogP) is 1.26. The highest BCUT2D eigenvalue weighted by Crippen LogP contribution is 2.33. The van der Waals surface area contributed by atoms with Crippen LogP contribution in [-0.4, -0.2) is 34.6 Å². The fourth-order valence-corrected chi connectivity index (χ4v) is 3.15. The molecule has 8 heteroatoms. The van der Waals surface area contributed by atoms with Gasteiger partial charge < -0.3 is 9.15 Å². The van der Waals surface area contributed by atoms with E-state index in [1.807, 2.05) is 0 Å². The van der Waals surface area contributed by atoms with Crippen LogP contribution in [0.2, 0.25) is 0 Å². The summed E-state index contributed by atoms with van der Waals surface area (Å²) in [4.78, 5) is 49.8. The molecule has 2 aliphatic rings. The third kappa shape index (κ3) is 2.55. The average molecular weight is 354 g/mol. The molecule has 2 aliphatic heterocycles. The van der Waals surface area contributed by atoms with E-state index in [0.29, 0.717) is 5.76 Å². The van der Waals surface area contributed by atoms with E-state index in [4.69, 9.17) is 9.15 Å². The summed E-state index contributed by atoms with van der Waals surface area (Å²) in [5.74, 6) is -1.41. The van der Waals surface area contributed by atoms with E-state index < -0.39 is 29.7 Å². The number of furan rings is 1. The smallest absolute Gasteiger partial charge is 0.266 e. The van der Waals surface area contributed by atoms with Gasteiger partial charge >= 0.3 is 0 Å². The Kier molecular flexibility index (Phi) is 3.80. The monoisotopic (exact) mass is 354 g/mol. The van der Waals surface area contributed by atoms with Crippen LogP contribution >= 0.6 is 0 Å². The molecule has 1 aromatic carbocycles. The summed E-state index contributed by atoms with van der Waals surface area (Å²) in [7, 11) is 0. The molecule has 8 nitrogen and oxygen atoms in total. The quantitative estimate of drug-likeness (QED) is 0.829. The molecule has 1 aromatic heterocycles. The molecule has 2 aromatic rings. The van der Waals surface area contributed by atoms with Crippen molar-refractivity contribution >= 4 is 23.6 Å². The Labute approximate surface area is 147 Å². The fourth-order valence-electron chi connectivity index (χ4n) is 3.15. The Morgan fingerprint density at radius 2 is 1.96 bits per heavy atom. The largest absolute Gasteiger partial charge is 0.485 e. The van der Waals surface area contributed by atoms with Gasteiger partial charge in [-0.2, -0.15) is 0 Å². The van der Waals surface area contributed by atoms with Gasteiger partial charge in [0.1, 0.15) is 24.2 Å². The van der Waals surface area contributed by atoms with Gasteiger partial charge in [0.2, 0.25) is 11.8 Å². The summed E-state index contributed by atoms with van der Waals surface area (Å²) in [6.07, 6.45) is 1.69. The Balaban J connectivity index is 1.63. The van der Waals surface area contributed by atoms with Crippen LogP contribution in [0.15, 0.2) is 41.0 Å². The zero-order valence-electron chi connectivity index (χ0n) is 13.6. The molecule has 3 heterocycles. The zero-order chi connectivity index (χ0) is 18.3. The molecule has 0 saturated carbocycles. The second-order valence-electron chi connectivity index (χ2n) is 5.99. The van der Waals surface area contributed by atoms with E-state index in [1.54, 1.807) is 24.3 Å². The molecule has 1 atom stereocenters. The molecule has 1 saturated heterocycles. The molecular formula is C18H14N2O6. The van der Waals surface area contributed by atoms with E-state index >= 15 is 0 Å². The Morgan fingerprint density at radius 1 is 1.12 bits per heavy atom. The number of rotatable bonds is 4. The molecule has 4 amide bonds. The van der Waals surface area contributed by atoms with Crippen molar-refractivity contribution in [1.29, 1.82) is 0 Å². The van der Waals surface area contributed by atoms with Gasteiger partial charge in [-0.25, -0.2) is 0 Å². The fraction of sp³-hybridized carbons (Fsp3) is 0.222. The molecule has 0 radical (unpaired) electrons. The maximum absolute atomic E-state index is 12.9. The third-order valence-electron chi connectivity index (χ3n) is 4.38. The third-order valence-corrected chi connectivity index (χ3v) is 4.38. The summed E-state index contributed by atoms with van der Waals surface area (Å²) in [5, 5.41) is 2.16. The number of piperidine rings is 1. The highest BCUT2D eigenvalue weighted by Gasteiger charge is 2.45. The van der Waals surface area contributed by atoms with Crippen LogP contribution in [0, 0.1) is 0 Å². The van der Waals surface area contributed by atoms with Gasteiger partial charge in [0.05, 0.1) is 17.4 Å². The minimum Gasteiger partial charge on any atom is -0.485 e. The summed E-state index contributed by atoms with van der Waals surface area (Å²) < 4.78 is 10.8. The molecule has 1 unspecified atom stereocenters.